The van der Waals surface area contributed by atoms with Crippen LogP contribution in [0.4, 0.5) is 10.2 Å². The Morgan fingerprint density at radius 2 is 2.32 bits per heavy atom. The molecule has 1 unspecified atom stereocenters. The van der Waals surface area contributed by atoms with E-state index in [0.29, 0.717) is 49.1 Å². The summed E-state index contributed by atoms with van der Waals surface area (Å²) in [5.41, 5.74) is -1.03. The van der Waals surface area contributed by atoms with Crippen LogP contribution in [0.5, 0.6) is 0 Å². The summed E-state index contributed by atoms with van der Waals surface area (Å²) >= 11 is 6.17. The molecule has 1 aromatic heterocycles. The molecule has 0 spiro atoms. The highest BCUT2D eigenvalue weighted by atomic mass is 35.5. The Balaban J connectivity index is 1.53. The third kappa shape index (κ3) is 4.20. The fourth-order valence-electron chi connectivity index (χ4n) is 3.15. The summed E-state index contributed by atoms with van der Waals surface area (Å²) in [6.45, 7) is 1.94. The molecule has 6 nitrogen and oxygen atoms in total. The van der Waals surface area contributed by atoms with Gasteiger partial charge in [0.25, 0.3) is 0 Å². The van der Waals surface area contributed by atoms with Gasteiger partial charge >= 0.3 is 0 Å². The smallest absolute Gasteiger partial charge is 0.225 e. The summed E-state index contributed by atoms with van der Waals surface area (Å²) < 4.78 is 20.1. The molecule has 2 fully saturated rings. The standard InChI is InChI=1S/C17H20ClFN4O2/c18-14-7-12(8-20)9-21-15(14)23-4-2-17(19,3-5-23)11-22-16(24)13-1-6-25-10-13/h7,9,13H,1-6,10-11H2,(H,22,24). The van der Waals surface area contributed by atoms with E-state index < -0.39 is 5.67 Å². The first kappa shape index (κ1) is 17.9. The van der Waals surface area contributed by atoms with Crippen LogP contribution in [-0.4, -0.2) is 49.4 Å². The van der Waals surface area contributed by atoms with Gasteiger partial charge < -0.3 is 15.0 Å². The van der Waals surface area contributed by atoms with Crippen molar-refractivity contribution in [3.8, 4) is 6.07 Å². The Hall–Kier alpha value is -1.91. The summed E-state index contributed by atoms with van der Waals surface area (Å²) in [5.74, 6) is 0.272. The van der Waals surface area contributed by atoms with Gasteiger partial charge in [0.2, 0.25) is 5.91 Å². The Labute approximate surface area is 150 Å². The van der Waals surface area contributed by atoms with E-state index in [4.69, 9.17) is 21.6 Å². The first-order chi connectivity index (χ1) is 12.0. The van der Waals surface area contributed by atoms with E-state index in [1.165, 1.54) is 6.20 Å². The van der Waals surface area contributed by atoms with Gasteiger partial charge in [-0.2, -0.15) is 5.26 Å². The van der Waals surface area contributed by atoms with Crippen LogP contribution in [0, 0.1) is 17.2 Å². The number of carbonyl (C=O) groups is 1. The lowest BCUT2D eigenvalue weighted by atomic mass is 9.93. The first-order valence-corrected chi connectivity index (χ1v) is 8.73. The summed E-state index contributed by atoms with van der Waals surface area (Å²) in [5, 5.41) is 12.0. The molecule has 2 aliphatic heterocycles. The maximum absolute atomic E-state index is 15.0. The average molecular weight is 367 g/mol. The first-order valence-electron chi connectivity index (χ1n) is 8.36. The number of carbonyl (C=O) groups excluding carboxylic acids is 1. The molecule has 2 saturated heterocycles. The van der Waals surface area contributed by atoms with Gasteiger partial charge in [-0.05, 0) is 12.5 Å². The van der Waals surface area contributed by atoms with Crippen LogP contribution in [0.25, 0.3) is 0 Å². The molecule has 3 heterocycles. The Kier molecular flexibility index (Phi) is 5.40. The van der Waals surface area contributed by atoms with Crippen molar-refractivity contribution in [2.45, 2.75) is 24.9 Å². The number of anilines is 1. The minimum Gasteiger partial charge on any atom is -0.381 e. The van der Waals surface area contributed by atoms with E-state index >= 15 is 0 Å². The Morgan fingerprint density at radius 1 is 1.56 bits per heavy atom. The number of ether oxygens (including phenoxy) is 1. The molecule has 1 amide bonds. The largest absolute Gasteiger partial charge is 0.381 e. The summed E-state index contributed by atoms with van der Waals surface area (Å²) in [4.78, 5) is 18.1. The zero-order chi connectivity index (χ0) is 17.9. The van der Waals surface area contributed by atoms with Crippen molar-refractivity contribution in [3.05, 3.63) is 22.8 Å². The van der Waals surface area contributed by atoms with Crippen molar-refractivity contribution >= 4 is 23.3 Å². The third-order valence-corrected chi connectivity index (χ3v) is 5.07. The van der Waals surface area contributed by atoms with Gasteiger partial charge in [-0.1, -0.05) is 11.6 Å². The van der Waals surface area contributed by atoms with Crippen molar-refractivity contribution in [2.24, 2.45) is 5.92 Å². The average Bonchev–Trinajstić information content (AvgIpc) is 3.15. The van der Waals surface area contributed by atoms with Crippen LogP contribution >= 0.6 is 11.6 Å². The number of nitrogens with one attached hydrogen (secondary N) is 1. The lowest BCUT2D eigenvalue weighted by Gasteiger charge is -2.37. The van der Waals surface area contributed by atoms with Gasteiger partial charge in [0.15, 0.2) is 0 Å². The van der Waals surface area contributed by atoms with Crippen LogP contribution in [0.2, 0.25) is 5.02 Å². The van der Waals surface area contributed by atoms with E-state index in [1.54, 1.807) is 6.07 Å². The summed E-state index contributed by atoms with van der Waals surface area (Å²) in [6, 6.07) is 3.55. The molecule has 134 valence electrons. The number of nitrogens with zero attached hydrogens (tertiary/aromatic N) is 3. The van der Waals surface area contributed by atoms with Crippen LogP contribution in [-0.2, 0) is 9.53 Å². The molecule has 1 atom stereocenters. The van der Waals surface area contributed by atoms with Gasteiger partial charge in [0.05, 0.1) is 29.7 Å². The monoisotopic (exact) mass is 366 g/mol. The van der Waals surface area contributed by atoms with E-state index in [0.717, 1.165) is 0 Å². The number of rotatable bonds is 4. The number of pyridine rings is 1. The number of nitriles is 1. The van der Waals surface area contributed by atoms with Crippen molar-refractivity contribution in [1.82, 2.24) is 10.3 Å². The quantitative estimate of drug-likeness (QED) is 0.882. The van der Waals surface area contributed by atoms with E-state index in [9.17, 15) is 9.18 Å². The highest BCUT2D eigenvalue weighted by Gasteiger charge is 2.36. The van der Waals surface area contributed by atoms with Gasteiger partial charge in [0, 0.05) is 38.7 Å². The lowest BCUT2D eigenvalue weighted by molar-refractivity contribution is -0.125. The third-order valence-electron chi connectivity index (χ3n) is 4.79. The molecule has 8 heteroatoms. The molecular weight excluding hydrogens is 347 g/mol. The second-order valence-corrected chi connectivity index (χ2v) is 6.96. The molecular formula is C17H20ClFN4O2. The van der Waals surface area contributed by atoms with Crippen LogP contribution in [0.1, 0.15) is 24.8 Å². The highest BCUT2D eigenvalue weighted by Crippen LogP contribution is 2.31. The maximum Gasteiger partial charge on any atom is 0.225 e. The van der Waals surface area contributed by atoms with Gasteiger partial charge in [-0.3, -0.25) is 4.79 Å². The molecule has 0 bridgehead atoms. The van der Waals surface area contributed by atoms with E-state index in [2.05, 4.69) is 10.3 Å². The molecule has 3 rings (SSSR count). The van der Waals surface area contributed by atoms with Gasteiger partial charge in [-0.25, -0.2) is 9.37 Å². The zero-order valence-electron chi connectivity index (χ0n) is 13.8. The number of amides is 1. The van der Waals surface area contributed by atoms with Crippen molar-refractivity contribution in [3.63, 3.8) is 0 Å². The topological polar surface area (TPSA) is 78.3 Å². The number of aromatic nitrogens is 1. The molecule has 0 aliphatic carbocycles. The molecule has 25 heavy (non-hydrogen) atoms. The highest BCUT2D eigenvalue weighted by molar-refractivity contribution is 6.33. The van der Waals surface area contributed by atoms with Crippen LogP contribution < -0.4 is 10.2 Å². The van der Waals surface area contributed by atoms with Crippen molar-refractivity contribution in [1.29, 1.82) is 5.26 Å². The van der Waals surface area contributed by atoms with Gasteiger partial charge in [0.1, 0.15) is 17.6 Å². The Bertz CT molecular complexity index is 680. The SMILES string of the molecule is N#Cc1cnc(N2CCC(F)(CNC(=O)C3CCOC3)CC2)c(Cl)c1. The molecule has 1 aromatic rings. The molecule has 0 aromatic carbocycles. The number of halogens is 2. The van der Waals surface area contributed by atoms with E-state index in [1.807, 2.05) is 11.0 Å². The second-order valence-electron chi connectivity index (χ2n) is 6.56. The predicted molar refractivity (Wildman–Crippen MR) is 91.2 cm³/mol. The summed E-state index contributed by atoms with van der Waals surface area (Å²) in [7, 11) is 0. The number of piperidine rings is 1. The van der Waals surface area contributed by atoms with Crippen molar-refractivity contribution < 1.29 is 13.9 Å². The minimum atomic E-state index is -1.43. The van der Waals surface area contributed by atoms with Crippen molar-refractivity contribution in [2.75, 3.05) is 37.7 Å². The molecule has 1 N–H and O–H groups in total. The normalized spacial score (nSPS) is 22.4. The second kappa shape index (κ2) is 7.54. The number of hydrogen-bond donors (Lipinski definition) is 1. The van der Waals surface area contributed by atoms with Gasteiger partial charge in [-0.15, -0.1) is 0 Å². The zero-order valence-corrected chi connectivity index (χ0v) is 14.6. The summed E-state index contributed by atoms with van der Waals surface area (Å²) in [6.07, 6.45) is 2.73. The molecule has 0 saturated carbocycles. The van der Waals surface area contributed by atoms with E-state index in [-0.39, 0.29) is 31.2 Å². The number of hydrogen-bond acceptors (Lipinski definition) is 5. The van der Waals surface area contributed by atoms with Crippen LogP contribution in [0.15, 0.2) is 12.3 Å². The fourth-order valence-corrected chi connectivity index (χ4v) is 3.44. The maximum atomic E-state index is 15.0. The molecule has 2 aliphatic rings. The fraction of sp³-hybridized carbons (Fsp3) is 0.588. The lowest BCUT2D eigenvalue weighted by Crippen LogP contribution is -2.49. The minimum absolute atomic E-state index is 0.0186. The predicted octanol–water partition coefficient (Wildman–Crippen LogP) is 2.07. The molecule has 0 radical (unpaired) electrons. The Morgan fingerprint density at radius 3 is 2.92 bits per heavy atom. The van der Waals surface area contributed by atoms with Crippen LogP contribution in [0.3, 0.4) is 0 Å². The number of alkyl halides is 1.